The zero-order valence-corrected chi connectivity index (χ0v) is 7.66. The number of carbonyl (C=O) groups is 1. The van der Waals surface area contributed by atoms with E-state index in [-0.39, 0.29) is 5.92 Å². The molecular weight excluding hydrogens is 164 g/mol. The summed E-state index contributed by atoms with van der Waals surface area (Å²) in [5, 5.41) is 0. The maximum Gasteiger partial charge on any atom is 0.159 e. The molecule has 2 nitrogen and oxygen atoms in total. The fourth-order valence-corrected chi connectivity index (χ4v) is 3.06. The van der Waals surface area contributed by atoms with Crippen molar-refractivity contribution in [3.05, 3.63) is 11.6 Å². The molecule has 0 N–H and O–H groups in total. The number of allylic oxidation sites excluding steroid dienone is 1. The molecule has 2 fully saturated rings. The zero-order chi connectivity index (χ0) is 8.84. The van der Waals surface area contributed by atoms with Crippen LogP contribution in [-0.4, -0.2) is 18.5 Å². The van der Waals surface area contributed by atoms with Gasteiger partial charge in [-0.25, -0.2) is 0 Å². The lowest BCUT2D eigenvalue weighted by Crippen LogP contribution is -2.23. The molecule has 2 aliphatic carbocycles. The van der Waals surface area contributed by atoms with Gasteiger partial charge in [0.15, 0.2) is 5.78 Å². The van der Waals surface area contributed by atoms with Gasteiger partial charge in [0, 0.05) is 11.8 Å². The van der Waals surface area contributed by atoms with Crippen LogP contribution in [0.25, 0.3) is 0 Å². The van der Waals surface area contributed by atoms with Gasteiger partial charge in [0.2, 0.25) is 0 Å². The normalized spacial score (nSPS) is 42.9. The van der Waals surface area contributed by atoms with E-state index < -0.39 is 0 Å². The van der Waals surface area contributed by atoms with E-state index in [9.17, 15) is 4.79 Å². The minimum absolute atomic E-state index is 0.282. The van der Waals surface area contributed by atoms with Crippen molar-refractivity contribution >= 4 is 5.78 Å². The molecule has 0 aromatic rings. The Labute approximate surface area is 78.0 Å². The summed E-state index contributed by atoms with van der Waals surface area (Å²) in [6.07, 6.45) is 6.90. The fraction of sp³-hybridized carbons (Fsp3) is 0.727. The largest absolute Gasteiger partial charge is 0.373 e. The Balaban J connectivity index is 1.98. The summed E-state index contributed by atoms with van der Waals surface area (Å²) in [4.78, 5) is 11.6. The first kappa shape index (κ1) is 7.74. The van der Waals surface area contributed by atoms with Gasteiger partial charge in [-0.15, -0.1) is 0 Å². The number of hydrogen-bond donors (Lipinski definition) is 0. The highest BCUT2D eigenvalue weighted by Crippen LogP contribution is 2.44. The van der Waals surface area contributed by atoms with Crippen LogP contribution in [0.4, 0.5) is 0 Å². The van der Waals surface area contributed by atoms with Crippen molar-refractivity contribution in [3.8, 4) is 0 Å². The van der Waals surface area contributed by atoms with Crippen molar-refractivity contribution in [2.24, 2.45) is 11.8 Å². The quantitative estimate of drug-likeness (QED) is 0.564. The van der Waals surface area contributed by atoms with Crippen LogP contribution in [0.5, 0.6) is 0 Å². The second-order valence-corrected chi connectivity index (χ2v) is 4.39. The summed E-state index contributed by atoms with van der Waals surface area (Å²) in [5.41, 5.74) is 1.28. The van der Waals surface area contributed by atoms with E-state index in [1.54, 1.807) is 0 Å². The minimum Gasteiger partial charge on any atom is -0.373 e. The van der Waals surface area contributed by atoms with Crippen molar-refractivity contribution < 1.29 is 9.53 Å². The molecule has 1 saturated carbocycles. The molecule has 70 valence electrons. The SMILES string of the molecule is O=C1C=C2COC3CCCC[C@H]1[C@H]23. The van der Waals surface area contributed by atoms with Gasteiger partial charge in [-0.1, -0.05) is 12.8 Å². The number of rotatable bonds is 0. The van der Waals surface area contributed by atoms with Crippen LogP contribution in [0.15, 0.2) is 11.6 Å². The first-order chi connectivity index (χ1) is 6.36. The predicted octanol–water partition coefficient (Wildman–Crippen LogP) is 1.70. The summed E-state index contributed by atoms with van der Waals surface area (Å²) in [7, 11) is 0. The molecule has 2 heteroatoms. The molecule has 0 radical (unpaired) electrons. The average molecular weight is 178 g/mol. The van der Waals surface area contributed by atoms with E-state index in [0.29, 0.717) is 17.8 Å². The molecule has 3 rings (SSSR count). The molecule has 0 aromatic heterocycles. The zero-order valence-electron chi connectivity index (χ0n) is 7.66. The lowest BCUT2D eigenvalue weighted by Gasteiger charge is -2.18. The van der Waals surface area contributed by atoms with E-state index in [4.69, 9.17) is 4.74 Å². The molecule has 1 heterocycles. The van der Waals surface area contributed by atoms with Crippen molar-refractivity contribution in [1.82, 2.24) is 0 Å². The molecular formula is C11H14O2. The second kappa shape index (κ2) is 2.68. The summed E-state index contributed by atoms with van der Waals surface area (Å²) < 4.78 is 5.70. The van der Waals surface area contributed by atoms with Gasteiger partial charge in [-0.2, -0.15) is 0 Å². The Morgan fingerprint density at radius 3 is 3.08 bits per heavy atom. The number of ether oxygens (including phenoxy) is 1. The highest BCUT2D eigenvalue weighted by atomic mass is 16.5. The molecule has 0 aromatic carbocycles. The van der Waals surface area contributed by atoms with E-state index >= 15 is 0 Å². The summed E-state index contributed by atoms with van der Waals surface area (Å²) in [6, 6.07) is 0. The lowest BCUT2D eigenvalue weighted by molar-refractivity contribution is -0.119. The third-order valence-electron chi connectivity index (χ3n) is 3.67. The van der Waals surface area contributed by atoms with Crippen LogP contribution >= 0.6 is 0 Å². The van der Waals surface area contributed by atoms with Crippen LogP contribution in [-0.2, 0) is 9.53 Å². The molecule has 1 aliphatic heterocycles. The molecule has 1 saturated heterocycles. The predicted molar refractivity (Wildman–Crippen MR) is 48.3 cm³/mol. The van der Waals surface area contributed by atoms with Gasteiger partial charge < -0.3 is 4.74 Å². The monoisotopic (exact) mass is 178 g/mol. The number of hydrogen-bond acceptors (Lipinski definition) is 2. The average Bonchev–Trinajstić information content (AvgIpc) is 2.55. The maximum atomic E-state index is 11.6. The minimum atomic E-state index is 0.282. The van der Waals surface area contributed by atoms with Crippen LogP contribution in [0.2, 0.25) is 0 Å². The summed E-state index contributed by atoms with van der Waals surface area (Å²) in [6.45, 7) is 0.720. The highest BCUT2D eigenvalue weighted by molar-refractivity contribution is 5.96. The Kier molecular flexibility index (Phi) is 1.59. The molecule has 0 bridgehead atoms. The van der Waals surface area contributed by atoms with Gasteiger partial charge in [-0.05, 0) is 24.5 Å². The second-order valence-electron chi connectivity index (χ2n) is 4.39. The third kappa shape index (κ3) is 1.01. The number of ketones is 1. The van der Waals surface area contributed by atoms with Gasteiger partial charge in [0.05, 0.1) is 12.7 Å². The van der Waals surface area contributed by atoms with Crippen molar-refractivity contribution in [2.75, 3.05) is 6.61 Å². The Bertz CT molecular complexity index is 280. The Hall–Kier alpha value is -0.630. The van der Waals surface area contributed by atoms with Gasteiger partial charge in [-0.3, -0.25) is 4.79 Å². The van der Waals surface area contributed by atoms with Gasteiger partial charge in [0.25, 0.3) is 0 Å². The summed E-state index contributed by atoms with van der Waals surface area (Å²) >= 11 is 0. The molecule has 0 spiro atoms. The Morgan fingerprint density at radius 2 is 2.15 bits per heavy atom. The standard InChI is InChI=1S/C11H14O2/c12-9-5-7-6-13-10-4-2-1-3-8(9)11(7)10/h5,8,10-11H,1-4,6H2/t8-,10?,11+/m1/s1. The fourth-order valence-electron chi connectivity index (χ4n) is 3.06. The van der Waals surface area contributed by atoms with Crippen LogP contribution in [0.1, 0.15) is 25.7 Å². The van der Waals surface area contributed by atoms with Crippen LogP contribution < -0.4 is 0 Å². The van der Waals surface area contributed by atoms with Crippen LogP contribution in [0.3, 0.4) is 0 Å². The van der Waals surface area contributed by atoms with E-state index in [1.807, 2.05) is 6.08 Å². The van der Waals surface area contributed by atoms with E-state index in [0.717, 1.165) is 19.4 Å². The van der Waals surface area contributed by atoms with Gasteiger partial charge >= 0.3 is 0 Å². The van der Waals surface area contributed by atoms with E-state index in [2.05, 4.69) is 0 Å². The van der Waals surface area contributed by atoms with Crippen molar-refractivity contribution in [1.29, 1.82) is 0 Å². The van der Waals surface area contributed by atoms with E-state index in [1.165, 1.54) is 18.4 Å². The van der Waals surface area contributed by atoms with Crippen molar-refractivity contribution in [3.63, 3.8) is 0 Å². The first-order valence-corrected chi connectivity index (χ1v) is 5.22. The first-order valence-electron chi connectivity index (χ1n) is 5.22. The molecule has 3 aliphatic rings. The smallest absolute Gasteiger partial charge is 0.159 e. The van der Waals surface area contributed by atoms with Crippen molar-refractivity contribution in [2.45, 2.75) is 31.8 Å². The Morgan fingerprint density at radius 1 is 1.31 bits per heavy atom. The third-order valence-corrected chi connectivity index (χ3v) is 3.67. The number of carbonyl (C=O) groups excluding carboxylic acids is 1. The topological polar surface area (TPSA) is 26.3 Å². The lowest BCUT2D eigenvalue weighted by atomic mass is 9.86. The molecule has 13 heavy (non-hydrogen) atoms. The van der Waals surface area contributed by atoms with Crippen LogP contribution in [0, 0.1) is 11.8 Å². The highest BCUT2D eigenvalue weighted by Gasteiger charge is 2.45. The maximum absolute atomic E-state index is 11.6. The summed E-state index contributed by atoms with van der Waals surface area (Å²) in [5.74, 6) is 1.12. The molecule has 0 amide bonds. The van der Waals surface area contributed by atoms with Gasteiger partial charge in [0.1, 0.15) is 0 Å². The molecule has 3 atom stereocenters. The molecule has 1 unspecified atom stereocenters.